The maximum Gasteiger partial charge on any atom is 0.311 e. The van der Waals surface area contributed by atoms with Crippen molar-refractivity contribution in [2.75, 3.05) is 12.4 Å². The Bertz CT molecular complexity index is 664. The van der Waals surface area contributed by atoms with Crippen molar-refractivity contribution in [3.8, 4) is 0 Å². The van der Waals surface area contributed by atoms with Crippen molar-refractivity contribution in [3.05, 3.63) is 45.4 Å². The van der Waals surface area contributed by atoms with Crippen LogP contribution < -0.4 is 5.32 Å². The third-order valence-corrected chi connectivity index (χ3v) is 3.65. The number of halogens is 1. The zero-order valence-electron chi connectivity index (χ0n) is 11.5. The summed E-state index contributed by atoms with van der Waals surface area (Å²) in [4.78, 5) is 27.4. The summed E-state index contributed by atoms with van der Waals surface area (Å²) >= 11 is 7.18. The number of nitrogens with zero attached hydrogens (tertiary/aromatic N) is 1. The Balaban J connectivity index is 2.07. The van der Waals surface area contributed by atoms with E-state index in [1.165, 1.54) is 18.4 Å². The van der Waals surface area contributed by atoms with Gasteiger partial charge in [-0.15, -0.1) is 11.3 Å². The predicted octanol–water partition coefficient (Wildman–Crippen LogP) is 3.07. The first-order chi connectivity index (χ1) is 9.97. The van der Waals surface area contributed by atoms with Crippen molar-refractivity contribution in [2.45, 2.75) is 13.3 Å². The zero-order chi connectivity index (χ0) is 15.4. The van der Waals surface area contributed by atoms with Gasteiger partial charge in [0.1, 0.15) is 0 Å². The van der Waals surface area contributed by atoms with Gasteiger partial charge in [-0.05, 0) is 30.7 Å². The Labute approximate surface area is 130 Å². The van der Waals surface area contributed by atoms with Gasteiger partial charge in [-0.2, -0.15) is 0 Å². The lowest BCUT2D eigenvalue weighted by atomic mass is 10.1. The maximum atomic E-state index is 12.1. The molecule has 0 atom stereocenters. The predicted molar refractivity (Wildman–Crippen MR) is 82.0 cm³/mol. The van der Waals surface area contributed by atoms with Crippen LogP contribution in [0.15, 0.2) is 23.6 Å². The van der Waals surface area contributed by atoms with Crippen LogP contribution in [0.5, 0.6) is 0 Å². The number of aromatic nitrogens is 1. The van der Waals surface area contributed by atoms with Gasteiger partial charge in [0.05, 0.1) is 19.2 Å². The summed E-state index contributed by atoms with van der Waals surface area (Å²) in [6.45, 7) is 1.86. The summed E-state index contributed by atoms with van der Waals surface area (Å²) in [5.74, 6) is -0.664. The fraction of sp³-hybridized carbons (Fsp3) is 0.214. The van der Waals surface area contributed by atoms with Gasteiger partial charge in [-0.1, -0.05) is 11.6 Å². The largest absolute Gasteiger partial charge is 0.469 e. The highest BCUT2D eigenvalue weighted by Gasteiger charge is 2.12. The van der Waals surface area contributed by atoms with Crippen LogP contribution in [0.2, 0.25) is 5.02 Å². The minimum atomic E-state index is -0.372. The Morgan fingerprint density at radius 3 is 2.81 bits per heavy atom. The van der Waals surface area contributed by atoms with Crippen LogP contribution in [0.1, 0.15) is 21.6 Å². The van der Waals surface area contributed by atoms with Gasteiger partial charge in [-0.25, -0.2) is 4.98 Å². The number of rotatable bonds is 4. The van der Waals surface area contributed by atoms with Crippen molar-refractivity contribution in [1.82, 2.24) is 4.98 Å². The van der Waals surface area contributed by atoms with Gasteiger partial charge in [0.15, 0.2) is 5.13 Å². The fourth-order valence-electron chi connectivity index (χ4n) is 1.70. The molecule has 7 heteroatoms. The first-order valence-electron chi connectivity index (χ1n) is 6.07. The van der Waals surface area contributed by atoms with Crippen LogP contribution in [0.25, 0.3) is 0 Å². The topological polar surface area (TPSA) is 68.3 Å². The number of anilines is 1. The molecule has 0 saturated carbocycles. The SMILES string of the molecule is COC(=O)Cc1csc(NC(=O)c2cc(C)cc(Cl)c2)n1. The minimum Gasteiger partial charge on any atom is -0.469 e. The van der Waals surface area contributed by atoms with Crippen LogP contribution in [-0.2, 0) is 16.0 Å². The lowest BCUT2D eigenvalue weighted by Crippen LogP contribution is -2.12. The minimum absolute atomic E-state index is 0.0825. The van der Waals surface area contributed by atoms with Crippen LogP contribution in [0.4, 0.5) is 5.13 Å². The molecule has 0 saturated heterocycles. The van der Waals surface area contributed by atoms with E-state index in [1.54, 1.807) is 23.6 Å². The van der Waals surface area contributed by atoms with Gasteiger partial charge < -0.3 is 4.74 Å². The first kappa shape index (κ1) is 15.5. The second kappa shape index (κ2) is 6.69. The molecule has 0 radical (unpaired) electrons. The number of amides is 1. The number of carbonyl (C=O) groups is 2. The molecule has 0 aliphatic carbocycles. The number of benzene rings is 1. The average molecular weight is 325 g/mol. The van der Waals surface area contributed by atoms with Crippen molar-refractivity contribution in [2.24, 2.45) is 0 Å². The van der Waals surface area contributed by atoms with Crippen LogP contribution >= 0.6 is 22.9 Å². The van der Waals surface area contributed by atoms with E-state index in [9.17, 15) is 9.59 Å². The van der Waals surface area contributed by atoms with E-state index in [-0.39, 0.29) is 18.3 Å². The maximum absolute atomic E-state index is 12.1. The number of thiazole rings is 1. The molecule has 0 bridgehead atoms. The van der Waals surface area contributed by atoms with Gasteiger partial charge in [-0.3, -0.25) is 14.9 Å². The average Bonchev–Trinajstić information content (AvgIpc) is 2.84. The van der Waals surface area contributed by atoms with E-state index in [0.29, 0.717) is 21.4 Å². The molecule has 2 rings (SSSR count). The third-order valence-electron chi connectivity index (χ3n) is 2.63. The van der Waals surface area contributed by atoms with Gasteiger partial charge in [0, 0.05) is 16.0 Å². The van der Waals surface area contributed by atoms with Gasteiger partial charge >= 0.3 is 5.97 Å². The molecular weight excluding hydrogens is 312 g/mol. The van der Waals surface area contributed by atoms with Crippen molar-refractivity contribution in [1.29, 1.82) is 0 Å². The summed E-state index contributed by atoms with van der Waals surface area (Å²) in [7, 11) is 1.32. The van der Waals surface area contributed by atoms with Crippen molar-refractivity contribution >= 4 is 39.9 Å². The molecule has 5 nitrogen and oxygen atoms in total. The third kappa shape index (κ3) is 4.27. The van der Waals surface area contributed by atoms with E-state index in [2.05, 4.69) is 15.0 Å². The molecule has 0 aliphatic rings. The quantitative estimate of drug-likeness (QED) is 0.878. The molecule has 0 unspecified atom stereocenters. The summed E-state index contributed by atoms with van der Waals surface area (Å²) < 4.78 is 4.56. The highest BCUT2D eigenvalue weighted by molar-refractivity contribution is 7.14. The van der Waals surface area contributed by atoms with E-state index in [1.807, 2.05) is 6.92 Å². The van der Waals surface area contributed by atoms with E-state index in [4.69, 9.17) is 11.6 Å². The molecule has 1 N–H and O–H groups in total. The summed E-state index contributed by atoms with van der Waals surface area (Å²) in [5.41, 5.74) is 1.92. The Kier molecular flexibility index (Phi) is 4.93. The number of esters is 1. The van der Waals surface area contributed by atoms with E-state index >= 15 is 0 Å². The molecule has 1 aromatic carbocycles. The Morgan fingerprint density at radius 1 is 1.38 bits per heavy atom. The van der Waals surface area contributed by atoms with Gasteiger partial charge in [0.25, 0.3) is 5.91 Å². The molecule has 0 fully saturated rings. The van der Waals surface area contributed by atoms with E-state index < -0.39 is 0 Å². The summed E-state index contributed by atoms with van der Waals surface area (Å²) in [6, 6.07) is 5.10. The molecule has 1 aromatic heterocycles. The van der Waals surface area contributed by atoms with Crippen molar-refractivity contribution in [3.63, 3.8) is 0 Å². The molecule has 0 aliphatic heterocycles. The number of hydrogen-bond donors (Lipinski definition) is 1. The summed E-state index contributed by atoms with van der Waals surface area (Å²) in [6.07, 6.45) is 0.0825. The number of aryl methyl sites for hydroxylation is 1. The first-order valence-corrected chi connectivity index (χ1v) is 7.33. The molecule has 1 heterocycles. The number of carbonyl (C=O) groups excluding carboxylic acids is 2. The highest BCUT2D eigenvalue weighted by Crippen LogP contribution is 2.19. The molecule has 2 aromatic rings. The molecule has 110 valence electrons. The second-order valence-electron chi connectivity index (χ2n) is 4.37. The normalized spacial score (nSPS) is 10.2. The molecular formula is C14H13ClN2O3S. The lowest BCUT2D eigenvalue weighted by molar-refractivity contribution is -0.139. The number of methoxy groups -OCH3 is 1. The summed E-state index contributed by atoms with van der Waals surface area (Å²) in [5, 5.41) is 5.32. The zero-order valence-corrected chi connectivity index (χ0v) is 13.0. The molecule has 21 heavy (non-hydrogen) atoms. The van der Waals surface area contributed by atoms with E-state index in [0.717, 1.165) is 5.56 Å². The number of hydrogen-bond acceptors (Lipinski definition) is 5. The number of nitrogens with one attached hydrogen (secondary N) is 1. The second-order valence-corrected chi connectivity index (χ2v) is 5.66. The Hall–Kier alpha value is -1.92. The molecule has 1 amide bonds. The molecule has 0 spiro atoms. The van der Waals surface area contributed by atoms with Gasteiger partial charge in [0.2, 0.25) is 0 Å². The van der Waals surface area contributed by atoms with Crippen molar-refractivity contribution < 1.29 is 14.3 Å². The monoisotopic (exact) mass is 324 g/mol. The van der Waals surface area contributed by atoms with Crippen LogP contribution in [0, 0.1) is 6.92 Å². The fourth-order valence-corrected chi connectivity index (χ4v) is 2.70. The number of ether oxygens (including phenoxy) is 1. The van der Waals surface area contributed by atoms with Crippen LogP contribution in [-0.4, -0.2) is 24.0 Å². The smallest absolute Gasteiger partial charge is 0.311 e. The standard InChI is InChI=1S/C14H13ClN2O3S/c1-8-3-9(5-10(15)4-8)13(19)17-14-16-11(7-21-14)6-12(18)20-2/h3-5,7H,6H2,1-2H3,(H,16,17,19). The lowest BCUT2D eigenvalue weighted by Gasteiger charge is -2.03. The van der Waals surface area contributed by atoms with Crippen LogP contribution in [0.3, 0.4) is 0 Å². The Morgan fingerprint density at radius 2 is 2.14 bits per heavy atom. The highest BCUT2D eigenvalue weighted by atomic mass is 35.5.